The van der Waals surface area contributed by atoms with Gasteiger partial charge in [-0.3, -0.25) is 4.79 Å². The lowest BCUT2D eigenvalue weighted by atomic mass is 10.2. The van der Waals surface area contributed by atoms with Crippen LogP contribution in [0.2, 0.25) is 0 Å². The van der Waals surface area contributed by atoms with Crippen molar-refractivity contribution >= 4 is 11.6 Å². The standard InChI is InChI=1S/C12H14F4N2O/c13-9-4-1-2-5-10(9)18(7-3-6-17)11(19)8-12(14,15)16/h1-2,4-5H,3,6-8,17H2. The molecule has 0 radical (unpaired) electrons. The van der Waals surface area contributed by atoms with Crippen molar-refractivity contribution in [3.63, 3.8) is 0 Å². The van der Waals surface area contributed by atoms with Crippen molar-refractivity contribution in [2.75, 3.05) is 18.0 Å². The molecule has 0 saturated carbocycles. The summed E-state index contributed by atoms with van der Waals surface area (Å²) in [7, 11) is 0. The van der Waals surface area contributed by atoms with Crippen LogP contribution in [0, 0.1) is 5.82 Å². The van der Waals surface area contributed by atoms with E-state index in [9.17, 15) is 22.4 Å². The van der Waals surface area contributed by atoms with Gasteiger partial charge >= 0.3 is 6.18 Å². The van der Waals surface area contributed by atoms with Crippen LogP contribution in [0.3, 0.4) is 0 Å². The van der Waals surface area contributed by atoms with Gasteiger partial charge in [0.05, 0.1) is 5.69 Å². The van der Waals surface area contributed by atoms with Crippen LogP contribution in [0.1, 0.15) is 12.8 Å². The number of nitrogens with two attached hydrogens (primary N) is 1. The molecule has 1 amide bonds. The van der Waals surface area contributed by atoms with Crippen LogP contribution in [0.25, 0.3) is 0 Å². The van der Waals surface area contributed by atoms with Gasteiger partial charge in [-0.2, -0.15) is 13.2 Å². The third-order valence-corrected chi connectivity index (χ3v) is 2.38. The number of alkyl halides is 3. The molecule has 0 aromatic heterocycles. The molecule has 7 heteroatoms. The highest BCUT2D eigenvalue weighted by molar-refractivity contribution is 5.93. The highest BCUT2D eigenvalue weighted by Gasteiger charge is 2.34. The van der Waals surface area contributed by atoms with Crippen molar-refractivity contribution in [3.8, 4) is 0 Å². The molecule has 0 aliphatic rings. The molecule has 0 atom stereocenters. The molecule has 1 aromatic carbocycles. The zero-order valence-corrected chi connectivity index (χ0v) is 10.1. The van der Waals surface area contributed by atoms with Gasteiger partial charge in [-0.15, -0.1) is 0 Å². The number of anilines is 1. The summed E-state index contributed by atoms with van der Waals surface area (Å²) in [6.45, 7) is 0.149. The van der Waals surface area contributed by atoms with E-state index in [2.05, 4.69) is 0 Å². The van der Waals surface area contributed by atoms with E-state index < -0.39 is 24.3 Å². The minimum atomic E-state index is -4.62. The summed E-state index contributed by atoms with van der Waals surface area (Å²) in [6, 6.07) is 5.20. The van der Waals surface area contributed by atoms with E-state index in [1.165, 1.54) is 18.2 Å². The fourth-order valence-corrected chi connectivity index (χ4v) is 1.57. The molecular formula is C12H14F4N2O. The van der Waals surface area contributed by atoms with E-state index in [4.69, 9.17) is 5.73 Å². The summed E-state index contributed by atoms with van der Waals surface area (Å²) in [5.74, 6) is -1.93. The molecule has 0 aliphatic heterocycles. The van der Waals surface area contributed by atoms with Gasteiger partial charge in [0.15, 0.2) is 0 Å². The number of amides is 1. The van der Waals surface area contributed by atoms with Crippen LogP contribution in [0.15, 0.2) is 24.3 Å². The molecule has 1 aromatic rings. The zero-order valence-electron chi connectivity index (χ0n) is 10.1. The van der Waals surface area contributed by atoms with Crippen molar-refractivity contribution < 1.29 is 22.4 Å². The number of carbonyl (C=O) groups excluding carboxylic acids is 1. The van der Waals surface area contributed by atoms with Crippen LogP contribution >= 0.6 is 0 Å². The molecule has 1 rings (SSSR count). The molecule has 106 valence electrons. The number of benzene rings is 1. The fourth-order valence-electron chi connectivity index (χ4n) is 1.57. The second kappa shape index (κ2) is 6.51. The van der Waals surface area contributed by atoms with Gasteiger partial charge in [0.2, 0.25) is 5.91 Å². The Morgan fingerprint density at radius 1 is 1.26 bits per heavy atom. The SMILES string of the molecule is NCCCN(C(=O)CC(F)(F)F)c1ccccc1F. The number of hydrogen-bond acceptors (Lipinski definition) is 2. The summed E-state index contributed by atoms with van der Waals surface area (Å²) >= 11 is 0. The Bertz CT molecular complexity index is 434. The predicted octanol–water partition coefficient (Wildman–Crippen LogP) is 2.46. The van der Waals surface area contributed by atoms with Crippen molar-refractivity contribution in [1.29, 1.82) is 0 Å². The smallest absolute Gasteiger partial charge is 0.330 e. The lowest BCUT2D eigenvalue weighted by Gasteiger charge is -2.23. The largest absolute Gasteiger partial charge is 0.397 e. The first-order chi connectivity index (χ1) is 8.85. The van der Waals surface area contributed by atoms with Crippen LogP contribution in [0.5, 0.6) is 0 Å². The molecule has 0 bridgehead atoms. The molecule has 2 N–H and O–H groups in total. The van der Waals surface area contributed by atoms with E-state index in [0.717, 1.165) is 11.0 Å². The Morgan fingerprint density at radius 3 is 2.42 bits per heavy atom. The molecule has 3 nitrogen and oxygen atoms in total. The highest BCUT2D eigenvalue weighted by atomic mass is 19.4. The molecule has 0 saturated heterocycles. The maximum absolute atomic E-state index is 13.6. The molecule has 19 heavy (non-hydrogen) atoms. The number of halogens is 4. The van der Waals surface area contributed by atoms with Crippen LogP contribution in [0.4, 0.5) is 23.2 Å². The summed E-state index contributed by atoms with van der Waals surface area (Å²) in [5, 5.41) is 0. The van der Waals surface area contributed by atoms with Gasteiger partial charge in [-0.1, -0.05) is 12.1 Å². The highest BCUT2D eigenvalue weighted by Crippen LogP contribution is 2.25. The zero-order chi connectivity index (χ0) is 14.5. The second-order valence-corrected chi connectivity index (χ2v) is 3.93. The average molecular weight is 278 g/mol. The van der Waals surface area contributed by atoms with E-state index in [1.807, 2.05) is 0 Å². The lowest BCUT2D eigenvalue weighted by Crippen LogP contribution is -2.36. The number of carbonyl (C=O) groups is 1. The van der Waals surface area contributed by atoms with Gasteiger partial charge in [0.1, 0.15) is 12.2 Å². The van der Waals surface area contributed by atoms with Crippen molar-refractivity contribution in [2.24, 2.45) is 5.73 Å². The summed E-state index contributed by atoms with van der Waals surface area (Å²) in [6.07, 6.45) is -5.95. The molecule has 0 spiro atoms. The summed E-state index contributed by atoms with van der Waals surface area (Å²) in [5.41, 5.74) is 5.10. The van der Waals surface area contributed by atoms with Crippen molar-refractivity contribution in [1.82, 2.24) is 0 Å². The van der Waals surface area contributed by atoms with Gasteiger partial charge in [0, 0.05) is 6.54 Å². The first kappa shape index (κ1) is 15.4. The Balaban J connectivity index is 2.95. The number of hydrogen-bond donors (Lipinski definition) is 1. The quantitative estimate of drug-likeness (QED) is 0.841. The molecule has 0 fully saturated rings. The minimum Gasteiger partial charge on any atom is -0.330 e. The first-order valence-corrected chi connectivity index (χ1v) is 5.67. The Morgan fingerprint density at radius 2 is 1.89 bits per heavy atom. The first-order valence-electron chi connectivity index (χ1n) is 5.67. The van der Waals surface area contributed by atoms with Gasteiger partial charge in [-0.05, 0) is 25.1 Å². The van der Waals surface area contributed by atoms with Crippen LogP contribution < -0.4 is 10.6 Å². The normalized spacial score (nSPS) is 11.4. The monoisotopic (exact) mass is 278 g/mol. The Kier molecular flexibility index (Phi) is 5.29. The summed E-state index contributed by atoms with van der Waals surface area (Å²) < 4.78 is 50.3. The van der Waals surface area contributed by atoms with Gasteiger partial charge in [0.25, 0.3) is 0 Å². The number of para-hydroxylation sites is 1. The van der Waals surface area contributed by atoms with Crippen molar-refractivity contribution in [2.45, 2.75) is 19.0 Å². The van der Waals surface area contributed by atoms with E-state index in [1.54, 1.807) is 0 Å². The fraction of sp³-hybridized carbons (Fsp3) is 0.417. The third-order valence-electron chi connectivity index (χ3n) is 2.38. The maximum atomic E-state index is 13.6. The maximum Gasteiger partial charge on any atom is 0.397 e. The molecule has 0 unspecified atom stereocenters. The number of nitrogens with zero attached hydrogens (tertiary/aromatic N) is 1. The second-order valence-electron chi connectivity index (χ2n) is 3.93. The predicted molar refractivity (Wildman–Crippen MR) is 63.1 cm³/mol. The summed E-state index contributed by atoms with van der Waals surface area (Å²) in [4.78, 5) is 12.4. The lowest BCUT2D eigenvalue weighted by molar-refractivity contribution is -0.151. The Hall–Kier alpha value is -1.63. The van der Waals surface area contributed by atoms with E-state index in [0.29, 0.717) is 0 Å². The number of rotatable bonds is 5. The molecular weight excluding hydrogens is 264 g/mol. The minimum absolute atomic E-state index is 0.0493. The van der Waals surface area contributed by atoms with Crippen molar-refractivity contribution in [3.05, 3.63) is 30.1 Å². The Labute approximate surface area is 108 Å². The van der Waals surface area contributed by atoms with Gasteiger partial charge < -0.3 is 10.6 Å². The van der Waals surface area contributed by atoms with E-state index >= 15 is 0 Å². The van der Waals surface area contributed by atoms with Gasteiger partial charge in [-0.25, -0.2) is 4.39 Å². The van der Waals surface area contributed by atoms with Crippen LogP contribution in [-0.2, 0) is 4.79 Å². The molecule has 0 aliphatic carbocycles. The van der Waals surface area contributed by atoms with E-state index in [-0.39, 0.29) is 25.2 Å². The topological polar surface area (TPSA) is 46.3 Å². The third kappa shape index (κ3) is 4.86. The average Bonchev–Trinajstić information content (AvgIpc) is 2.29. The van der Waals surface area contributed by atoms with Crippen LogP contribution in [-0.4, -0.2) is 25.2 Å². The molecule has 0 heterocycles.